The van der Waals surface area contributed by atoms with Crippen LogP contribution in [0.4, 0.5) is 0 Å². The van der Waals surface area contributed by atoms with Crippen LogP contribution in [0.5, 0.6) is 0 Å². The topological polar surface area (TPSA) is 34.9 Å². The summed E-state index contributed by atoms with van der Waals surface area (Å²) < 4.78 is 1.67. The minimum absolute atomic E-state index is 0.0714. The zero-order valence-corrected chi connectivity index (χ0v) is 18.3. The van der Waals surface area contributed by atoms with Gasteiger partial charge in [0.15, 0.2) is 5.78 Å². The third kappa shape index (κ3) is 4.44. The molecule has 0 aliphatic heterocycles. The summed E-state index contributed by atoms with van der Waals surface area (Å²) in [5, 5.41) is 6.19. The Labute approximate surface area is 189 Å². The van der Waals surface area contributed by atoms with Gasteiger partial charge < -0.3 is 0 Å². The van der Waals surface area contributed by atoms with E-state index < -0.39 is 0 Å². The molecule has 1 aromatic heterocycles. The molecule has 0 bridgehead atoms. The van der Waals surface area contributed by atoms with Gasteiger partial charge in [-0.3, -0.25) is 4.79 Å². The van der Waals surface area contributed by atoms with Crippen LogP contribution >= 0.6 is 34.8 Å². The first-order valence-electron chi connectivity index (χ1n) is 9.31. The number of Topliss-reactive ketones (excluding diaryl/α,β-unsaturated/α-hetero) is 1. The average Bonchev–Trinajstić information content (AvgIpc) is 3.15. The first-order chi connectivity index (χ1) is 14.4. The highest BCUT2D eigenvalue weighted by Gasteiger charge is 2.18. The van der Waals surface area contributed by atoms with E-state index in [0.29, 0.717) is 26.4 Å². The molecule has 30 heavy (non-hydrogen) atoms. The predicted octanol–water partition coefficient (Wildman–Crippen LogP) is 7.23. The maximum atomic E-state index is 13.0. The van der Waals surface area contributed by atoms with Crippen molar-refractivity contribution in [2.24, 2.45) is 0 Å². The number of halogens is 3. The van der Waals surface area contributed by atoms with Gasteiger partial charge in [0.25, 0.3) is 0 Å². The van der Waals surface area contributed by atoms with E-state index in [2.05, 4.69) is 5.10 Å². The fourth-order valence-corrected chi connectivity index (χ4v) is 3.78. The normalized spacial score (nSPS) is 10.9. The number of aryl methyl sites for hydroxylation is 1. The van der Waals surface area contributed by atoms with Crippen LogP contribution in [0.3, 0.4) is 0 Å². The van der Waals surface area contributed by atoms with E-state index in [1.807, 2.05) is 43.3 Å². The van der Waals surface area contributed by atoms with Crippen molar-refractivity contribution in [1.82, 2.24) is 9.78 Å². The van der Waals surface area contributed by atoms with Gasteiger partial charge in [-0.1, -0.05) is 76.8 Å². The summed E-state index contributed by atoms with van der Waals surface area (Å²) in [5.74, 6) is -0.0714. The van der Waals surface area contributed by atoms with Gasteiger partial charge in [-0.15, -0.1) is 0 Å². The molecule has 0 fully saturated rings. The van der Waals surface area contributed by atoms with E-state index in [-0.39, 0.29) is 12.2 Å². The van der Waals surface area contributed by atoms with E-state index in [1.165, 1.54) is 0 Å². The summed E-state index contributed by atoms with van der Waals surface area (Å²) in [6.07, 6.45) is 0.270. The van der Waals surface area contributed by atoms with Crippen molar-refractivity contribution in [1.29, 1.82) is 0 Å². The quantitative estimate of drug-likeness (QED) is 0.297. The number of carbonyl (C=O) groups is 1. The lowest BCUT2D eigenvalue weighted by molar-refractivity contribution is 0.0988. The maximum Gasteiger partial charge on any atom is 0.187 e. The van der Waals surface area contributed by atoms with Gasteiger partial charge in [-0.2, -0.15) is 5.10 Å². The third-order valence-corrected chi connectivity index (χ3v) is 5.55. The molecule has 4 aromatic rings. The van der Waals surface area contributed by atoms with Gasteiger partial charge in [0.05, 0.1) is 16.4 Å². The molecule has 150 valence electrons. The Bertz CT molecular complexity index is 1210. The lowest BCUT2D eigenvalue weighted by Crippen LogP contribution is -2.06. The fourth-order valence-electron chi connectivity index (χ4n) is 3.16. The molecule has 4 rings (SSSR count). The van der Waals surface area contributed by atoms with Crippen molar-refractivity contribution < 1.29 is 4.79 Å². The lowest BCUT2D eigenvalue weighted by atomic mass is 10.0. The molecular formula is C24H17Cl3N2O. The molecule has 0 radical (unpaired) electrons. The molecule has 0 aliphatic carbocycles. The fraction of sp³-hybridized carbons (Fsp3) is 0.0833. The Morgan fingerprint density at radius 3 is 2.20 bits per heavy atom. The minimum atomic E-state index is -0.0714. The van der Waals surface area contributed by atoms with Gasteiger partial charge in [0, 0.05) is 22.0 Å². The zero-order valence-electron chi connectivity index (χ0n) is 16.1. The Hall–Kier alpha value is -2.59. The van der Waals surface area contributed by atoms with Crippen molar-refractivity contribution >= 4 is 40.6 Å². The molecule has 0 aliphatic rings. The molecule has 0 saturated heterocycles. The number of carbonyl (C=O) groups excluding carboxylic acids is 1. The number of nitrogens with zero attached hydrogens (tertiary/aromatic N) is 2. The van der Waals surface area contributed by atoms with Crippen molar-refractivity contribution in [3.8, 4) is 16.9 Å². The number of rotatable bonds is 5. The molecule has 0 amide bonds. The minimum Gasteiger partial charge on any atom is -0.292 e. The highest BCUT2D eigenvalue weighted by molar-refractivity contribution is 6.35. The Morgan fingerprint density at radius 1 is 0.867 bits per heavy atom. The first-order valence-corrected chi connectivity index (χ1v) is 10.4. The first kappa shape index (κ1) is 20.7. The van der Waals surface area contributed by atoms with Crippen molar-refractivity contribution in [2.75, 3.05) is 0 Å². The summed E-state index contributed by atoms with van der Waals surface area (Å²) in [7, 11) is 0. The third-order valence-electron chi connectivity index (χ3n) is 4.76. The second kappa shape index (κ2) is 8.65. The van der Waals surface area contributed by atoms with Crippen LogP contribution < -0.4 is 0 Å². The molecule has 0 spiro atoms. The Kier molecular flexibility index (Phi) is 5.96. The van der Waals surface area contributed by atoms with Crippen LogP contribution in [0.1, 0.15) is 21.6 Å². The number of ketones is 1. The molecule has 1 heterocycles. The molecule has 3 nitrogen and oxygen atoms in total. The van der Waals surface area contributed by atoms with E-state index in [9.17, 15) is 4.79 Å². The van der Waals surface area contributed by atoms with Gasteiger partial charge in [-0.05, 0) is 48.9 Å². The number of benzene rings is 3. The maximum absolute atomic E-state index is 13.0. The summed E-state index contributed by atoms with van der Waals surface area (Å²) in [6.45, 7) is 2.02. The summed E-state index contributed by atoms with van der Waals surface area (Å²) in [6, 6.07) is 22.2. The average molecular weight is 456 g/mol. The molecule has 6 heteroatoms. The molecule has 0 unspecified atom stereocenters. The molecule has 3 aromatic carbocycles. The number of hydrogen-bond donors (Lipinski definition) is 0. The second-order valence-electron chi connectivity index (χ2n) is 7.01. The monoisotopic (exact) mass is 454 g/mol. The zero-order chi connectivity index (χ0) is 21.3. The van der Waals surface area contributed by atoms with E-state index >= 15 is 0 Å². The standard InChI is InChI=1S/C24H17Cl3N2O/c1-15-2-4-16(5-3-15)12-24(30)21-14-23(17-6-8-18(25)9-7-17)29(28-21)22-11-10-19(26)13-20(22)27/h2-11,13-14H,12H2,1H3. The van der Waals surface area contributed by atoms with Crippen LogP contribution in [0.25, 0.3) is 16.9 Å². The van der Waals surface area contributed by atoms with Gasteiger partial charge >= 0.3 is 0 Å². The molecule has 0 N–H and O–H groups in total. The number of hydrogen-bond acceptors (Lipinski definition) is 2. The van der Waals surface area contributed by atoms with Gasteiger partial charge in [0.1, 0.15) is 5.69 Å². The summed E-state index contributed by atoms with van der Waals surface area (Å²) in [5.41, 5.74) is 4.71. The summed E-state index contributed by atoms with van der Waals surface area (Å²) >= 11 is 18.5. The van der Waals surface area contributed by atoms with E-state index in [0.717, 1.165) is 22.4 Å². The van der Waals surface area contributed by atoms with Crippen LogP contribution in [-0.4, -0.2) is 15.6 Å². The molecule has 0 saturated carbocycles. The molecular weight excluding hydrogens is 439 g/mol. The lowest BCUT2D eigenvalue weighted by Gasteiger charge is -2.10. The smallest absolute Gasteiger partial charge is 0.187 e. The van der Waals surface area contributed by atoms with Gasteiger partial charge in [-0.25, -0.2) is 4.68 Å². The Morgan fingerprint density at radius 2 is 1.53 bits per heavy atom. The van der Waals surface area contributed by atoms with Crippen molar-refractivity contribution in [3.05, 3.63) is 105 Å². The second-order valence-corrected chi connectivity index (χ2v) is 8.29. The Balaban J connectivity index is 1.78. The summed E-state index contributed by atoms with van der Waals surface area (Å²) in [4.78, 5) is 13.0. The largest absolute Gasteiger partial charge is 0.292 e. The highest BCUT2D eigenvalue weighted by atomic mass is 35.5. The van der Waals surface area contributed by atoms with Gasteiger partial charge in [0.2, 0.25) is 0 Å². The van der Waals surface area contributed by atoms with Crippen LogP contribution in [-0.2, 0) is 6.42 Å². The predicted molar refractivity (Wildman–Crippen MR) is 123 cm³/mol. The van der Waals surface area contributed by atoms with Crippen LogP contribution in [0, 0.1) is 6.92 Å². The van der Waals surface area contributed by atoms with E-state index in [4.69, 9.17) is 34.8 Å². The highest BCUT2D eigenvalue weighted by Crippen LogP contribution is 2.30. The van der Waals surface area contributed by atoms with Crippen LogP contribution in [0.2, 0.25) is 15.1 Å². The SMILES string of the molecule is Cc1ccc(CC(=O)c2cc(-c3ccc(Cl)cc3)n(-c3ccc(Cl)cc3Cl)n2)cc1. The van der Waals surface area contributed by atoms with Crippen molar-refractivity contribution in [3.63, 3.8) is 0 Å². The van der Waals surface area contributed by atoms with Crippen LogP contribution in [0.15, 0.2) is 72.8 Å². The number of aromatic nitrogens is 2. The molecule has 0 atom stereocenters. The van der Waals surface area contributed by atoms with E-state index in [1.54, 1.807) is 41.1 Å². The van der Waals surface area contributed by atoms with Crippen molar-refractivity contribution in [2.45, 2.75) is 13.3 Å².